The fraction of sp³-hybridized carbons (Fsp3) is 0.130. The molecule has 0 heterocycles. The summed E-state index contributed by atoms with van der Waals surface area (Å²) in [5.74, 6) is -0.965. The van der Waals surface area contributed by atoms with Crippen molar-refractivity contribution >= 4 is 46.4 Å². The molecule has 2 amide bonds. The molecule has 0 saturated heterocycles. The van der Waals surface area contributed by atoms with E-state index < -0.39 is 0 Å². The molecule has 160 valence electrons. The molecule has 0 saturated carbocycles. The molecule has 0 fully saturated rings. The van der Waals surface area contributed by atoms with E-state index in [-0.39, 0.29) is 37.3 Å². The summed E-state index contributed by atoms with van der Waals surface area (Å²) in [6.45, 7) is 0.186. The van der Waals surface area contributed by atoms with Gasteiger partial charge in [0.05, 0.1) is 13.1 Å². The van der Waals surface area contributed by atoms with Crippen LogP contribution in [0.1, 0.15) is 5.56 Å². The van der Waals surface area contributed by atoms with Gasteiger partial charge in [0.15, 0.2) is 0 Å². The van der Waals surface area contributed by atoms with E-state index in [1.54, 1.807) is 65.6 Å². The minimum Gasteiger partial charge on any atom is -0.325 e. The minimum atomic E-state index is -0.354. The van der Waals surface area contributed by atoms with Crippen molar-refractivity contribution in [2.45, 2.75) is 6.54 Å². The van der Waals surface area contributed by atoms with Crippen molar-refractivity contribution in [3.8, 4) is 0 Å². The Morgan fingerprint density at radius 3 is 1.71 bits per heavy atom. The van der Waals surface area contributed by atoms with E-state index in [4.69, 9.17) is 23.2 Å². The number of anilines is 2. The van der Waals surface area contributed by atoms with Gasteiger partial charge < -0.3 is 10.6 Å². The van der Waals surface area contributed by atoms with Crippen LogP contribution in [0.25, 0.3) is 0 Å². The summed E-state index contributed by atoms with van der Waals surface area (Å²) in [7, 11) is 0. The largest absolute Gasteiger partial charge is 0.325 e. The first-order valence-electron chi connectivity index (χ1n) is 9.45. The minimum absolute atomic E-state index is 0.0488. The molecule has 3 aromatic carbocycles. The molecule has 0 aromatic heterocycles. The lowest BCUT2D eigenvalue weighted by molar-refractivity contribution is -0.120. The van der Waals surface area contributed by atoms with Crippen LogP contribution in [-0.4, -0.2) is 29.8 Å². The van der Waals surface area contributed by atoms with Gasteiger partial charge in [0, 0.05) is 28.0 Å². The summed E-state index contributed by atoms with van der Waals surface area (Å²) in [5.41, 5.74) is 1.89. The summed E-state index contributed by atoms with van der Waals surface area (Å²) < 4.78 is 13.2. The maximum Gasteiger partial charge on any atom is 0.238 e. The zero-order chi connectivity index (χ0) is 22.2. The first-order valence-corrected chi connectivity index (χ1v) is 10.2. The topological polar surface area (TPSA) is 61.4 Å². The van der Waals surface area contributed by atoms with Gasteiger partial charge in [-0.1, -0.05) is 47.5 Å². The highest BCUT2D eigenvalue weighted by Crippen LogP contribution is 2.16. The molecule has 3 aromatic rings. The SMILES string of the molecule is O=C(CN(CC(=O)Nc1cccc(Cl)c1)Cc1ccc(F)cc1)Nc1cccc(Cl)c1. The van der Waals surface area contributed by atoms with E-state index in [1.165, 1.54) is 12.1 Å². The van der Waals surface area contributed by atoms with Crippen molar-refractivity contribution in [3.63, 3.8) is 0 Å². The average molecular weight is 460 g/mol. The molecule has 0 radical (unpaired) electrons. The molecule has 3 rings (SSSR count). The first kappa shape index (κ1) is 22.7. The van der Waals surface area contributed by atoms with Crippen molar-refractivity contribution in [2.75, 3.05) is 23.7 Å². The Labute approximate surface area is 189 Å². The van der Waals surface area contributed by atoms with Crippen LogP contribution < -0.4 is 10.6 Å². The Kier molecular flexibility index (Phi) is 8.00. The normalized spacial score (nSPS) is 10.7. The summed E-state index contributed by atoms with van der Waals surface area (Å²) in [6.07, 6.45) is 0. The summed E-state index contributed by atoms with van der Waals surface area (Å²) in [4.78, 5) is 26.8. The number of nitrogens with one attached hydrogen (secondary N) is 2. The van der Waals surface area contributed by atoms with Gasteiger partial charge in [-0.25, -0.2) is 4.39 Å². The number of nitrogens with zero attached hydrogens (tertiary/aromatic N) is 1. The number of benzene rings is 3. The molecule has 0 atom stereocenters. The molecule has 31 heavy (non-hydrogen) atoms. The highest BCUT2D eigenvalue weighted by molar-refractivity contribution is 6.31. The lowest BCUT2D eigenvalue weighted by Gasteiger charge is -2.21. The summed E-state index contributed by atoms with van der Waals surface area (Å²) >= 11 is 11.9. The smallest absolute Gasteiger partial charge is 0.238 e. The lowest BCUT2D eigenvalue weighted by atomic mass is 10.2. The lowest BCUT2D eigenvalue weighted by Crippen LogP contribution is -2.38. The van der Waals surface area contributed by atoms with Crippen LogP contribution in [0.2, 0.25) is 10.0 Å². The van der Waals surface area contributed by atoms with Gasteiger partial charge in [-0.2, -0.15) is 0 Å². The Bertz CT molecular complexity index is 999. The molecule has 0 spiro atoms. The molecule has 2 N–H and O–H groups in total. The number of carbonyl (C=O) groups excluding carboxylic acids is 2. The van der Waals surface area contributed by atoms with Gasteiger partial charge in [0.1, 0.15) is 5.82 Å². The van der Waals surface area contributed by atoms with Gasteiger partial charge in [0.25, 0.3) is 0 Å². The third-order valence-corrected chi connectivity index (χ3v) is 4.74. The quantitative estimate of drug-likeness (QED) is 0.485. The maximum absolute atomic E-state index is 13.2. The summed E-state index contributed by atoms with van der Waals surface area (Å²) in [5, 5.41) is 6.53. The number of carbonyl (C=O) groups is 2. The fourth-order valence-corrected chi connectivity index (χ4v) is 3.34. The average Bonchev–Trinajstić information content (AvgIpc) is 2.69. The van der Waals surface area contributed by atoms with Crippen LogP contribution in [0.3, 0.4) is 0 Å². The standard InChI is InChI=1S/C23H20Cl2FN3O2/c24-17-3-1-5-20(11-17)27-22(30)14-29(13-16-7-9-19(26)10-8-16)15-23(31)28-21-6-2-4-18(25)12-21/h1-12H,13-15H2,(H,27,30)(H,28,31). The monoisotopic (exact) mass is 459 g/mol. The van der Waals surface area contributed by atoms with Crippen molar-refractivity contribution in [1.82, 2.24) is 4.90 Å². The molecule has 0 aliphatic carbocycles. The van der Waals surface area contributed by atoms with E-state index in [9.17, 15) is 14.0 Å². The predicted molar refractivity (Wildman–Crippen MR) is 122 cm³/mol. The predicted octanol–water partition coefficient (Wildman–Crippen LogP) is 5.21. The molecule has 0 unspecified atom stereocenters. The van der Waals surface area contributed by atoms with Crippen LogP contribution in [0, 0.1) is 5.82 Å². The van der Waals surface area contributed by atoms with Gasteiger partial charge in [-0.3, -0.25) is 14.5 Å². The molecule has 0 aliphatic heterocycles. The second-order valence-electron chi connectivity index (χ2n) is 6.89. The van der Waals surface area contributed by atoms with Gasteiger partial charge >= 0.3 is 0 Å². The molecule has 0 bridgehead atoms. The highest BCUT2D eigenvalue weighted by Gasteiger charge is 2.16. The van der Waals surface area contributed by atoms with Crippen LogP contribution in [0.5, 0.6) is 0 Å². The number of hydrogen-bond acceptors (Lipinski definition) is 3. The Balaban J connectivity index is 1.68. The van der Waals surface area contributed by atoms with Crippen LogP contribution in [0.15, 0.2) is 72.8 Å². The summed E-state index contributed by atoms with van der Waals surface area (Å²) in [6, 6.07) is 19.5. The second kappa shape index (κ2) is 10.9. The van der Waals surface area contributed by atoms with E-state index >= 15 is 0 Å². The Morgan fingerprint density at radius 1 is 0.774 bits per heavy atom. The molecular weight excluding hydrogens is 440 g/mol. The fourth-order valence-electron chi connectivity index (χ4n) is 2.96. The van der Waals surface area contributed by atoms with Crippen molar-refractivity contribution in [3.05, 3.63) is 94.2 Å². The highest BCUT2D eigenvalue weighted by atomic mass is 35.5. The van der Waals surface area contributed by atoms with E-state index in [0.717, 1.165) is 5.56 Å². The number of amides is 2. The number of hydrogen-bond donors (Lipinski definition) is 2. The van der Waals surface area contributed by atoms with Crippen molar-refractivity contribution in [2.24, 2.45) is 0 Å². The third-order valence-electron chi connectivity index (χ3n) is 4.27. The number of rotatable bonds is 8. The van der Waals surface area contributed by atoms with E-state index in [2.05, 4.69) is 10.6 Å². The molecular formula is C23H20Cl2FN3O2. The van der Waals surface area contributed by atoms with Crippen LogP contribution in [-0.2, 0) is 16.1 Å². The second-order valence-corrected chi connectivity index (χ2v) is 7.76. The van der Waals surface area contributed by atoms with Crippen LogP contribution >= 0.6 is 23.2 Å². The third kappa shape index (κ3) is 7.68. The van der Waals surface area contributed by atoms with Crippen LogP contribution in [0.4, 0.5) is 15.8 Å². The van der Waals surface area contributed by atoms with Crippen molar-refractivity contribution < 1.29 is 14.0 Å². The zero-order valence-corrected chi connectivity index (χ0v) is 18.0. The first-order chi connectivity index (χ1) is 14.9. The van der Waals surface area contributed by atoms with Gasteiger partial charge in [-0.15, -0.1) is 0 Å². The molecule has 8 heteroatoms. The van der Waals surface area contributed by atoms with Crippen molar-refractivity contribution in [1.29, 1.82) is 0 Å². The van der Waals surface area contributed by atoms with Gasteiger partial charge in [-0.05, 0) is 54.1 Å². The Hall–Kier alpha value is -2.93. The van der Waals surface area contributed by atoms with Gasteiger partial charge in [0.2, 0.25) is 11.8 Å². The Morgan fingerprint density at radius 2 is 1.26 bits per heavy atom. The van der Waals surface area contributed by atoms with E-state index in [1.807, 2.05) is 0 Å². The number of halogens is 3. The molecule has 0 aliphatic rings. The molecule has 5 nitrogen and oxygen atoms in total. The zero-order valence-electron chi connectivity index (χ0n) is 16.4. The van der Waals surface area contributed by atoms with E-state index in [0.29, 0.717) is 21.4 Å². The maximum atomic E-state index is 13.2.